The number of aromatic nitrogens is 4. The molecule has 1 N–H and O–H groups in total. The Morgan fingerprint density at radius 1 is 1.21 bits per heavy atom. The third-order valence-electron chi connectivity index (χ3n) is 4.52. The molecule has 0 bridgehead atoms. The van der Waals surface area contributed by atoms with Crippen molar-refractivity contribution in [3.63, 3.8) is 0 Å². The molecular formula is C17H17N5S2. The predicted octanol–water partition coefficient (Wildman–Crippen LogP) is 3.76. The van der Waals surface area contributed by atoms with Crippen molar-refractivity contribution in [2.45, 2.75) is 26.2 Å². The zero-order valence-corrected chi connectivity index (χ0v) is 15.2. The van der Waals surface area contributed by atoms with Gasteiger partial charge in [-0.3, -0.25) is 0 Å². The lowest BCUT2D eigenvalue weighted by atomic mass is 10.1. The zero-order chi connectivity index (χ0) is 16.3. The molecule has 4 aromatic heterocycles. The van der Waals surface area contributed by atoms with Crippen molar-refractivity contribution in [2.75, 3.05) is 13.1 Å². The van der Waals surface area contributed by atoms with Gasteiger partial charge < -0.3 is 5.32 Å². The summed E-state index contributed by atoms with van der Waals surface area (Å²) in [6.07, 6.45) is 3.20. The Morgan fingerprint density at radius 3 is 2.92 bits per heavy atom. The third-order valence-corrected chi connectivity index (χ3v) is 6.87. The number of nitrogens with one attached hydrogen (secondary N) is 1. The number of hydrogen-bond acceptors (Lipinski definition) is 6. The van der Waals surface area contributed by atoms with Gasteiger partial charge >= 0.3 is 0 Å². The summed E-state index contributed by atoms with van der Waals surface area (Å²) in [4.78, 5) is 12.0. The predicted molar refractivity (Wildman–Crippen MR) is 99.2 cm³/mol. The zero-order valence-electron chi connectivity index (χ0n) is 13.5. The first-order valence-electron chi connectivity index (χ1n) is 8.12. The summed E-state index contributed by atoms with van der Waals surface area (Å²) in [7, 11) is 0. The van der Waals surface area contributed by atoms with Crippen LogP contribution in [0.25, 0.3) is 25.9 Å². The second-order valence-corrected chi connectivity index (χ2v) is 8.48. The third kappa shape index (κ3) is 2.27. The lowest BCUT2D eigenvalue weighted by Gasteiger charge is -2.03. The molecule has 1 fully saturated rings. The van der Waals surface area contributed by atoms with Crippen molar-refractivity contribution in [1.82, 2.24) is 24.9 Å². The van der Waals surface area contributed by atoms with Gasteiger partial charge in [-0.1, -0.05) is 0 Å². The van der Waals surface area contributed by atoms with E-state index in [1.165, 1.54) is 16.0 Å². The maximum atomic E-state index is 4.85. The van der Waals surface area contributed by atoms with E-state index in [9.17, 15) is 0 Å². The second-order valence-electron chi connectivity index (χ2n) is 6.39. The van der Waals surface area contributed by atoms with Gasteiger partial charge in [0.05, 0.1) is 16.6 Å². The van der Waals surface area contributed by atoms with E-state index in [2.05, 4.69) is 29.4 Å². The van der Waals surface area contributed by atoms with Gasteiger partial charge in [0.25, 0.3) is 0 Å². The van der Waals surface area contributed by atoms with Crippen molar-refractivity contribution in [1.29, 1.82) is 0 Å². The summed E-state index contributed by atoms with van der Waals surface area (Å²) < 4.78 is 3.14. The summed E-state index contributed by atoms with van der Waals surface area (Å²) in [6, 6.07) is 4.41. The molecule has 1 aliphatic rings. The molecule has 1 aliphatic heterocycles. The van der Waals surface area contributed by atoms with Crippen LogP contribution in [0.1, 0.15) is 28.5 Å². The fourth-order valence-electron chi connectivity index (χ4n) is 3.31. The van der Waals surface area contributed by atoms with Crippen molar-refractivity contribution in [3.8, 4) is 10.7 Å². The molecule has 1 saturated heterocycles. The topological polar surface area (TPSA) is 55.1 Å². The van der Waals surface area contributed by atoms with Crippen molar-refractivity contribution >= 4 is 37.9 Å². The Balaban J connectivity index is 1.57. The minimum absolute atomic E-state index is 0.658. The van der Waals surface area contributed by atoms with E-state index >= 15 is 0 Å². The smallest absolute Gasteiger partial charge is 0.156 e. The minimum atomic E-state index is 0.658. The van der Waals surface area contributed by atoms with E-state index in [-0.39, 0.29) is 0 Å². The Labute approximate surface area is 147 Å². The molecule has 122 valence electrons. The van der Waals surface area contributed by atoms with Gasteiger partial charge in [-0.05, 0) is 44.5 Å². The van der Waals surface area contributed by atoms with Gasteiger partial charge in [0.2, 0.25) is 0 Å². The van der Waals surface area contributed by atoms with Crippen LogP contribution in [0.15, 0.2) is 18.3 Å². The number of nitrogens with zero attached hydrogens (tertiary/aromatic N) is 4. The highest BCUT2D eigenvalue weighted by atomic mass is 32.1. The molecule has 0 amide bonds. The molecule has 0 radical (unpaired) electrons. The average Bonchev–Trinajstić information content (AvgIpc) is 3.28. The van der Waals surface area contributed by atoms with Crippen molar-refractivity contribution in [3.05, 3.63) is 34.5 Å². The van der Waals surface area contributed by atoms with Gasteiger partial charge in [0, 0.05) is 17.3 Å². The summed E-state index contributed by atoms with van der Waals surface area (Å²) in [5.74, 6) is 0.658. The number of thiazole rings is 1. The summed E-state index contributed by atoms with van der Waals surface area (Å²) >= 11 is 3.57. The second kappa shape index (κ2) is 5.34. The molecule has 7 heteroatoms. The number of imidazole rings is 1. The van der Waals surface area contributed by atoms with Crippen LogP contribution in [0.3, 0.4) is 0 Å². The van der Waals surface area contributed by atoms with Crippen LogP contribution >= 0.6 is 22.7 Å². The molecule has 4 aromatic rings. The summed E-state index contributed by atoms with van der Waals surface area (Å²) in [5, 5.41) is 9.13. The largest absolute Gasteiger partial charge is 0.316 e. The lowest BCUT2D eigenvalue weighted by Crippen LogP contribution is -2.07. The molecule has 0 aromatic carbocycles. The molecule has 1 atom stereocenters. The Morgan fingerprint density at radius 2 is 2.12 bits per heavy atom. The maximum Gasteiger partial charge on any atom is 0.156 e. The van der Waals surface area contributed by atoms with Crippen LogP contribution in [0, 0.1) is 13.8 Å². The molecule has 5 heterocycles. The first kappa shape index (κ1) is 14.5. The molecule has 0 spiro atoms. The summed E-state index contributed by atoms with van der Waals surface area (Å²) in [6.45, 7) is 6.29. The number of fused-ring (bicyclic) bond motifs is 2. The molecule has 5 nitrogen and oxygen atoms in total. The van der Waals surface area contributed by atoms with Crippen LogP contribution in [0.5, 0.6) is 0 Å². The first-order chi connectivity index (χ1) is 11.7. The standard InChI is InChI=1S/C17H17N5S2/c1-9-5-12(21-22-8-10(2)19-15(9)22)16-20-17-14(24-16)6-13(23-17)11-3-4-18-7-11/h5-6,8,11,18H,3-4,7H2,1-2H3. The highest BCUT2D eigenvalue weighted by molar-refractivity contribution is 7.28. The average molecular weight is 355 g/mol. The number of aryl methyl sites for hydroxylation is 2. The van der Waals surface area contributed by atoms with E-state index < -0.39 is 0 Å². The Bertz CT molecular complexity index is 1020. The van der Waals surface area contributed by atoms with Crippen LogP contribution < -0.4 is 5.32 Å². The Hall–Kier alpha value is -1.83. The van der Waals surface area contributed by atoms with E-state index in [1.54, 1.807) is 11.3 Å². The fraction of sp³-hybridized carbons (Fsp3) is 0.353. The molecule has 0 aliphatic carbocycles. The normalized spacial score (nSPS) is 18.2. The van der Waals surface area contributed by atoms with E-state index in [4.69, 9.17) is 10.1 Å². The minimum Gasteiger partial charge on any atom is -0.316 e. The lowest BCUT2D eigenvalue weighted by molar-refractivity contribution is 0.779. The molecule has 24 heavy (non-hydrogen) atoms. The van der Waals surface area contributed by atoms with E-state index in [1.807, 2.05) is 29.0 Å². The van der Waals surface area contributed by atoms with E-state index in [0.717, 1.165) is 45.5 Å². The van der Waals surface area contributed by atoms with Gasteiger partial charge in [0.1, 0.15) is 15.5 Å². The van der Waals surface area contributed by atoms with Crippen molar-refractivity contribution < 1.29 is 0 Å². The quantitative estimate of drug-likeness (QED) is 0.595. The molecular weight excluding hydrogens is 338 g/mol. The molecule has 0 saturated carbocycles. The van der Waals surface area contributed by atoms with Crippen LogP contribution in [-0.4, -0.2) is 32.7 Å². The SMILES string of the molecule is Cc1cn2nc(-c3nc4sc(C5CCNC5)cc4s3)cc(C)c2n1. The Kier molecular flexibility index (Phi) is 3.23. The van der Waals surface area contributed by atoms with Crippen LogP contribution in [0.2, 0.25) is 0 Å². The maximum absolute atomic E-state index is 4.85. The van der Waals surface area contributed by atoms with Crippen LogP contribution in [0.4, 0.5) is 0 Å². The number of rotatable bonds is 2. The van der Waals surface area contributed by atoms with Crippen molar-refractivity contribution in [2.24, 2.45) is 0 Å². The highest BCUT2D eigenvalue weighted by Gasteiger charge is 2.21. The van der Waals surface area contributed by atoms with Gasteiger partial charge in [-0.15, -0.1) is 22.7 Å². The molecule has 5 rings (SSSR count). The van der Waals surface area contributed by atoms with E-state index in [0.29, 0.717) is 5.92 Å². The summed E-state index contributed by atoms with van der Waals surface area (Å²) in [5.41, 5.74) is 3.96. The van der Waals surface area contributed by atoms with Gasteiger partial charge in [0.15, 0.2) is 5.65 Å². The number of thiophene rings is 1. The first-order valence-corrected chi connectivity index (χ1v) is 9.75. The highest BCUT2D eigenvalue weighted by Crippen LogP contribution is 2.38. The monoisotopic (exact) mass is 355 g/mol. The van der Waals surface area contributed by atoms with Crippen LogP contribution in [-0.2, 0) is 0 Å². The fourth-order valence-corrected chi connectivity index (χ4v) is 5.63. The van der Waals surface area contributed by atoms with Gasteiger partial charge in [-0.2, -0.15) is 5.10 Å². The van der Waals surface area contributed by atoms with Gasteiger partial charge in [-0.25, -0.2) is 14.5 Å². The number of hydrogen-bond donors (Lipinski definition) is 1. The molecule has 1 unspecified atom stereocenters.